The van der Waals surface area contributed by atoms with Crippen molar-refractivity contribution in [2.24, 2.45) is 5.10 Å². The van der Waals surface area contributed by atoms with Crippen molar-refractivity contribution in [3.05, 3.63) is 38.9 Å². The lowest BCUT2D eigenvalue weighted by atomic mass is 10.2. The van der Waals surface area contributed by atoms with Crippen LogP contribution < -0.4 is 10.7 Å². The van der Waals surface area contributed by atoms with Gasteiger partial charge in [0.2, 0.25) is 0 Å². The van der Waals surface area contributed by atoms with Crippen LogP contribution in [0.5, 0.6) is 0 Å². The monoisotopic (exact) mass is 286 g/mol. The second-order valence-corrected chi connectivity index (χ2v) is 4.01. The van der Waals surface area contributed by atoms with E-state index in [-0.39, 0.29) is 10.7 Å². The minimum absolute atomic E-state index is 0.0910. The number of halogens is 1. The summed E-state index contributed by atoms with van der Waals surface area (Å²) in [6, 6.07) is 4.41. The van der Waals surface area contributed by atoms with Crippen LogP contribution in [0.3, 0.4) is 0 Å². The third-order valence-corrected chi connectivity index (χ3v) is 2.44. The molecule has 2 N–H and O–H groups in total. The van der Waals surface area contributed by atoms with Gasteiger partial charge in [0.05, 0.1) is 11.1 Å². The molecule has 96 valence electrons. The number of nitrogens with zero attached hydrogens (tertiary/aromatic N) is 2. The van der Waals surface area contributed by atoms with Crippen molar-refractivity contribution < 1.29 is 4.92 Å². The Kier molecular flexibility index (Phi) is 5.47. The smallest absolute Gasteiger partial charge is 0.288 e. The number of nitrogens with one attached hydrogen (secondary N) is 2. The van der Waals surface area contributed by atoms with Crippen molar-refractivity contribution in [1.82, 2.24) is 10.7 Å². The average Bonchev–Trinajstić information content (AvgIpc) is 2.31. The molecule has 0 saturated carbocycles. The van der Waals surface area contributed by atoms with Crippen molar-refractivity contribution in [3.63, 3.8) is 0 Å². The van der Waals surface area contributed by atoms with Crippen LogP contribution in [0, 0.1) is 10.1 Å². The Morgan fingerprint density at radius 2 is 2.39 bits per heavy atom. The topological polar surface area (TPSA) is 79.6 Å². The third-order valence-electron chi connectivity index (χ3n) is 1.88. The Hall–Kier alpha value is -1.73. The number of hydrazone groups is 1. The maximum atomic E-state index is 10.7. The Morgan fingerprint density at radius 3 is 3.00 bits per heavy atom. The molecule has 0 spiro atoms. The molecule has 0 fully saturated rings. The largest absolute Gasteiger partial charge is 0.362 e. The lowest BCUT2D eigenvalue weighted by Gasteiger charge is -2.02. The van der Waals surface area contributed by atoms with Crippen molar-refractivity contribution >= 4 is 40.8 Å². The summed E-state index contributed by atoms with van der Waals surface area (Å²) in [5.74, 6) is 0. The second kappa shape index (κ2) is 6.87. The third kappa shape index (κ3) is 4.27. The van der Waals surface area contributed by atoms with E-state index in [1.807, 2.05) is 6.92 Å². The van der Waals surface area contributed by atoms with Crippen LogP contribution in [0.2, 0.25) is 5.02 Å². The Morgan fingerprint density at radius 1 is 1.67 bits per heavy atom. The predicted molar refractivity (Wildman–Crippen MR) is 75.1 cm³/mol. The van der Waals surface area contributed by atoms with Crippen LogP contribution in [-0.4, -0.2) is 22.8 Å². The van der Waals surface area contributed by atoms with Gasteiger partial charge in [-0.15, -0.1) is 0 Å². The van der Waals surface area contributed by atoms with E-state index in [9.17, 15) is 10.1 Å². The molecule has 0 amide bonds. The van der Waals surface area contributed by atoms with Gasteiger partial charge < -0.3 is 5.32 Å². The molecule has 1 aromatic rings. The maximum absolute atomic E-state index is 10.7. The zero-order chi connectivity index (χ0) is 13.5. The van der Waals surface area contributed by atoms with Gasteiger partial charge in [-0.05, 0) is 25.2 Å². The normalized spacial score (nSPS) is 10.3. The molecule has 0 heterocycles. The second-order valence-electron chi connectivity index (χ2n) is 3.20. The summed E-state index contributed by atoms with van der Waals surface area (Å²) in [5, 5.41) is 17.8. The summed E-state index contributed by atoms with van der Waals surface area (Å²) >= 11 is 10.6. The number of thiocarbonyl (C=S) groups is 1. The van der Waals surface area contributed by atoms with E-state index >= 15 is 0 Å². The van der Waals surface area contributed by atoms with E-state index in [4.69, 9.17) is 23.8 Å². The molecular weight excluding hydrogens is 276 g/mol. The first-order valence-corrected chi connectivity index (χ1v) is 5.84. The Bertz CT molecular complexity index is 493. The van der Waals surface area contributed by atoms with E-state index in [1.54, 1.807) is 6.07 Å². The zero-order valence-corrected chi connectivity index (χ0v) is 11.1. The molecule has 6 nitrogen and oxygen atoms in total. The van der Waals surface area contributed by atoms with Gasteiger partial charge in [-0.2, -0.15) is 5.10 Å². The highest BCUT2D eigenvalue weighted by atomic mass is 35.5. The van der Waals surface area contributed by atoms with Crippen molar-refractivity contribution in [2.45, 2.75) is 6.92 Å². The van der Waals surface area contributed by atoms with Gasteiger partial charge in [0.15, 0.2) is 5.11 Å². The lowest BCUT2D eigenvalue weighted by Crippen LogP contribution is -2.31. The number of nitro benzene ring substituents is 1. The molecule has 0 unspecified atom stereocenters. The van der Waals surface area contributed by atoms with Crippen LogP contribution in [0.4, 0.5) is 5.69 Å². The summed E-state index contributed by atoms with van der Waals surface area (Å²) in [7, 11) is 0. The Labute approximate surface area is 114 Å². The molecule has 0 saturated heterocycles. The van der Waals surface area contributed by atoms with E-state index in [0.29, 0.717) is 17.2 Å². The number of rotatable bonds is 4. The lowest BCUT2D eigenvalue weighted by molar-refractivity contribution is -0.384. The molecule has 0 atom stereocenters. The van der Waals surface area contributed by atoms with Gasteiger partial charge in [-0.1, -0.05) is 17.7 Å². The fourth-order valence-corrected chi connectivity index (χ4v) is 1.50. The standard InChI is InChI=1S/C10H11ClN4O2S/c1-2-12-10(18)14-13-6-7-3-4-8(11)9(5-7)15(16)17/h3-6H,2H2,1H3,(H2,12,14,18). The maximum Gasteiger partial charge on any atom is 0.288 e. The van der Waals surface area contributed by atoms with Crippen LogP contribution in [0.15, 0.2) is 23.3 Å². The highest BCUT2D eigenvalue weighted by Gasteiger charge is 2.11. The number of hydrogen-bond acceptors (Lipinski definition) is 4. The van der Waals surface area contributed by atoms with Crippen molar-refractivity contribution in [3.8, 4) is 0 Å². The molecule has 0 aliphatic heterocycles. The van der Waals surface area contributed by atoms with E-state index in [0.717, 1.165) is 0 Å². The number of nitro groups is 1. The van der Waals surface area contributed by atoms with Crippen molar-refractivity contribution in [1.29, 1.82) is 0 Å². The fourth-order valence-electron chi connectivity index (χ4n) is 1.12. The summed E-state index contributed by atoms with van der Waals surface area (Å²) in [6.07, 6.45) is 1.42. The molecule has 0 aliphatic rings. The number of hydrogen-bond donors (Lipinski definition) is 2. The minimum atomic E-state index is -0.545. The van der Waals surface area contributed by atoms with Crippen LogP contribution in [-0.2, 0) is 0 Å². The summed E-state index contributed by atoms with van der Waals surface area (Å²) < 4.78 is 0. The van der Waals surface area contributed by atoms with Gasteiger partial charge in [-0.3, -0.25) is 15.5 Å². The van der Waals surface area contributed by atoms with Crippen LogP contribution in [0.1, 0.15) is 12.5 Å². The first-order chi connectivity index (χ1) is 8.54. The predicted octanol–water partition coefficient (Wildman–Crippen LogP) is 2.07. The molecule has 8 heteroatoms. The SMILES string of the molecule is CCNC(=S)NN=Cc1ccc(Cl)c([N+](=O)[O-])c1. The van der Waals surface area contributed by atoms with Gasteiger partial charge in [-0.25, -0.2) is 0 Å². The molecule has 0 radical (unpaired) electrons. The zero-order valence-electron chi connectivity index (χ0n) is 9.51. The molecule has 0 aliphatic carbocycles. The first-order valence-electron chi connectivity index (χ1n) is 5.05. The molecular formula is C10H11ClN4O2S. The molecule has 18 heavy (non-hydrogen) atoms. The summed E-state index contributed by atoms with van der Waals surface area (Å²) in [5.41, 5.74) is 2.98. The molecule has 1 rings (SSSR count). The Balaban J connectivity index is 2.73. The van der Waals surface area contributed by atoms with E-state index in [1.165, 1.54) is 18.3 Å². The first kappa shape index (κ1) is 14.3. The fraction of sp³-hybridized carbons (Fsp3) is 0.200. The van der Waals surface area contributed by atoms with Gasteiger partial charge in [0, 0.05) is 18.2 Å². The summed E-state index contributed by atoms with van der Waals surface area (Å²) in [6.45, 7) is 2.59. The van der Waals surface area contributed by atoms with Crippen molar-refractivity contribution in [2.75, 3.05) is 6.54 Å². The average molecular weight is 287 g/mol. The van der Waals surface area contributed by atoms with Gasteiger partial charge in [0.1, 0.15) is 5.02 Å². The molecule has 1 aromatic carbocycles. The van der Waals surface area contributed by atoms with E-state index in [2.05, 4.69) is 15.8 Å². The van der Waals surface area contributed by atoms with Crippen LogP contribution >= 0.6 is 23.8 Å². The van der Waals surface area contributed by atoms with Gasteiger partial charge >= 0.3 is 0 Å². The highest BCUT2D eigenvalue weighted by molar-refractivity contribution is 7.80. The highest BCUT2D eigenvalue weighted by Crippen LogP contribution is 2.24. The number of benzene rings is 1. The summed E-state index contributed by atoms with van der Waals surface area (Å²) in [4.78, 5) is 10.1. The van der Waals surface area contributed by atoms with Gasteiger partial charge in [0.25, 0.3) is 5.69 Å². The molecule has 0 bridgehead atoms. The van der Waals surface area contributed by atoms with E-state index < -0.39 is 4.92 Å². The van der Waals surface area contributed by atoms with Crippen LogP contribution in [0.25, 0.3) is 0 Å². The molecule has 0 aromatic heterocycles. The minimum Gasteiger partial charge on any atom is -0.362 e. The quantitative estimate of drug-likeness (QED) is 0.383.